The molecule has 6 nitrogen and oxygen atoms in total. The van der Waals surface area contributed by atoms with Crippen molar-refractivity contribution in [3.05, 3.63) is 0 Å². The van der Waals surface area contributed by atoms with E-state index in [-0.39, 0.29) is 53.0 Å². The third kappa shape index (κ3) is 6.33. The molecule has 0 saturated carbocycles. The van der Waals surface area contributed by atoms with E-state index < -0.39 is 9.84 Å². The third-order valence-corrected chi connectivity index (χ3v) is 6.39. The Morgan fingerprint density at radius 2 is 2.00 bits per heavy atom. The van der Waals surface area contributed by atoms with E-state index in [1.807, 2.05) is 0 Å². The third-order valence-electron chi connectivity index (χ3n) is 4.63. The minimum atomic E-state index is -2.88. The van der Waals surface area contributed by atoms with Gasteiger partial charge in [0.2, 0.25) is 0 Å². The number of aliphatic imine (C=N–C) groups is 1. The summed E-state index contributed by atoms with van der Waals surface area (Å²) >= 11 is 0. The molecule has 2 rings (SSSR count). The number of ether oxygens (including phenoxy) is 1. The maximum Gasteiger partial charge on any atom is 0.191 e. The molecule has 0 aliphatic carbocycles. The van der Waals surface area contributed by atoms with Gasteiger partial charge in [0.05, 0.1) is 17.6 Å². The molecular weight excluding hydrogens is 441 g/mol. The van der Waals surface area contributed by atoms with Crippen molar-refractivity contribution >= 4 is 39.8 Å². The van der Waals surface area contributed by atoms with E-state index in [0.29, 0.717) is 18.3 Å². The van der Waals surface area contributed by atoms with Crippen molar-refractivity contribution < 1.29 is 13.2 Å². The van der Waals surface area contributed by atoms with Gasteiger partial charge in [0.1, 0.15) is 0 Å². The zero-order valence-corrected chi connectivity index (χ0v) is 18.3. The van der Waals surface area contributed by atoms with E-state index in [1.165, 1.54) is 0 Å². The molecule has 2 fully saturated rings. The fourth-order valence-electron chi connectivity index (χ4n) is 3.53. The number of nitrogens with zero attached hydrogens (tertiary/aromatic N) is 1. The van der Waals surface area contributed by atoms with Crippen molar-refractivity contribution in [2.24, 2.45) is 16.3 Å². The first-order valence-corrected chi connectivity index (χ1v) is 10.3. The van der Waals surface area contributed by atoms with Crippen molar-refractivity contribution in [1.82, 2.24) is 10.6 Å². The molecule has 0 aromatic carbocycles. The molecule has 2 saturated heterocycles. The largest absolute Gasteiger partial charge is 0.377 e. The Morgan fingerprint density at radius 3 is 2.54 bits per heavy atom. The lowest BCUT2D eigenvalue weighted by Crippen LogP contribution is -2.49. The van der Waals surface area contributed by atoms with Crippen LogP contribution in [0.2, 0.25) is 0 Å². The highest BCUT2D eigenvalue weighted by molar-refractivity contribution is 14.0. The zero-order valence-electron chi connectivity index (χ0n) is 15.2. The highest BCUT2D eigenvalue weighted by atomic mass is 127. The highest BCUT2D eigenvalue weighted by Gasteiger charge is 2.35. The van der Waals surface area contributed by atoms with Crippen LogP contribution in [0.25, 0.3) is 0 Å². The smallest absolute Gasteiger partial charge is 0.191 e. The summed E-state index contributed by atoms with van der Waals surface area (Å²) in [5.41, 5.74) is 0.114. The lowest BCUT2D eigenvalue weighted by atomic mass is 9.78. The lowest BCUT2D eigenvalue weighted by Gasteiger charge is -2.40. The van der Waals surface area contributed by atoms with Gasteiger partial charge in [-0.3, -0.25) is 4.99 Å². The van der Waals surface area contributed by atoms with Crippen LogP contribution in [0, 0.1) is 11.3 Å². The van der Waals surface area contributed by atoms with Gasteiger partial charge in [-0.2, -0.15) is 0 Å². The Balaban J connectivity index is 0.00000288. The second-order valence-corrected chi connectivity index (χ2v) is 9.99. The normalized spacial score (nSPS) is 30.5. The molecule has 142 valence electrons. The van der Waals surface area contributed by atoms with Crippen LogP contribution < -0.4 is 10.6 Å². The zero-order chi connectivity index (χ0) is 17.1. The summed E-state index contributed by atoms with van der Waals surface area (Å²) in [6.45, 7) is 8.28. The van der Waals surface area contributed by atoms with Crippen molar-refractivity contribution in [3.8, 4) is 0 Å². The summed E-state index contributed by atoms with van der Waals surface area (Å²) in [5, 5.41) is 6.59. The van der Waals surface area contributed by atoms with Gasteiger partial charge in [-0.1, -0.05) is 20.8 Å². The standard InChI is InChI=1S/C16H31N3O3S.HI/c1-16(2,3)14-12(6-5-8-22-14)10-18-15(17-4)19-13-7-9-23(20,21)11-13;/h12-14H,5-11H2,1-4H3,(H2,17,18,19);1H. The van der Waals surface area contributed by atoms with Crippen molar-refractivity contribution in [2.45, 2.75) is 52.2 Å². The summed E-state index contributed by atoms with van der Waals surface area (Å²) in [7, 11) is -1.16. The Labute approximate surface area is 163 Å². The van der Waals surface area contributed by atoms with Gasteiger partial charge in [0.25, 0.3) is 0 Å². The molecule has 0 bridgehead atoms. The topological polar surface area (TPSA) is 79.8 Å². The predicted octanol–water partition coefficient (Wildman–Crippen LogP) is 1.80. The maximum absolute atomic E-state index is 11.6. The molecule has 3 unspecified atom stereocenters. The molecule has 2 aliphatic heterocycles. The predicted molar refractivity (Wildman–Crippen MR) is 109 cm³/mol. The van der Waals surface area contributed by atoms with Gasteiger partial charge >= 0.3 is 0 Å². The van der Waals surface area contributed by atoms with Gasteiger partial charge in [-0.25, -0.2) is 8.42 Å². The first kappa shape index (κ1) is 22.0. The van der Waals surface area contributed by atoms with E-state index in [1.54, 1.807) is 7.05 Å². The molecule has 3 atom stereocenters. The summed E-state index contributed by atoms with van der Waals surface area (Å²) in [6.07, 6.45) is 3.11. The monoisotopic (exact) mass is 473 g/mol. The van der Waals surface area contributed by atoms with Crippen LogP contribution in [-0.2, 0) is 14.6 Å². The number of rotatable bonds is 3. The average Bonchev–Trinajstić information content (AvgIpc) is 2.81. The number of nitrogens with one attached hydrogen (secondary N) is 2. The van der Waals surface area contributed by atoms with Crippen LogP contribution in [0.15, 0.2) is 4.99 Å². The van der Waals surface area contributed by atoms with Gasteiger partial charge in [-0.05, 0) is 24.7 Å². The van der Waals surface area contributed by atoms with Crippen LogP contribution in [0.3, 0.4) is 0 Å². The summed E-state index contributed by atoms with van der Waals surface area (Å²) in [4.78, 5) is 4.23. The quantitative estimate of drug-likeness (QED) is 0.371. The maximum atomic E-state index is 11.6. The molecule has 2 heterocycles. The number of guanidine groups is 1. The Morgan fingerprint density at radius 1 is 1.29 bits per heavy atom. The summed E-state index contributed by atoms with van der Waals surface area (Å²) < 4.78 is 29.1. The number of sulfone groups is 1. The van der Waals surface area contributed by atoms with Gasteiger partial charge in [0, 0.05) is 32.2 Å². The Bertz CT molecular complexity index is 531. The molecule has 0 aromatic rings. The lowest BCUT2D eigenvalue weighted by molar-refractivity contribution is -0.0835. The van der Waals surface area contributed by atoms with Crippen LogP contribution in [-0.4, -0.2) is 58.2 Å². The minimum Gasteiger partial charge on any atom is -0.377 e. The first-order chi connectivity index (χ1) is 10.7. The number of hydrogen-bond acceptors (Lipinski definition) is 4. The molecule has 2 aliphatic rings. The fourth-order valence-corrected chi connectivity index (χ4v) is 5.21. The van der Waals surface area contributed by atoms with Crippen LogP contribution in [0.4, 0.5) is 0 Å². The van der Waals surface area contributed by atoms with Crippen molar-refractivity contribution in [1.29, 1.82) is 0 Å². The number of hydrogen-bond donors (Lipinski definition) is 2. The molecule has 24 heavy (non-hydrogen) atoms. The molecular formula is C16H32IN3O3S. The van der Waals surface area contributed by atoms with E-state index in [0.717, 1.165) is 26.0 Å². The van der Waals surface area contributed by atoms with Gasteiger partial charge in [0.15, 0.2) is 15.8 Å². The molecule has 0 radical (unpaired) electrons. The van der Waals surface area contributed by atoms with Crippen LogP contribution in [0.5, 0.6) is 0 Å². The molecule has 8 heteroatoms. The second-order valence-electron chi connectivity index (χ2n) is 7.76. The number of halogens is 1. The van der Waals surface area contributed by atoms with Crippen LogP contribution >= 0.6 is 24.0 Å². The molecule has 0 aromatic heterocycles. The van der Waals surface area contributed by atoms with Gasteiger partial charge < -0.3 is 15.4 Å². The first-order valence-electron chi connectivity index (χ1n) is 8.50. The van der Waals surface area contributed by atoms with E-state index in [4.69, 9.17) is 4.74 Å². The van der Waals surface area contributed by atoms with E-state index in [9.17, 15) is 8.42 Å². The van der Waals surface area contributed by atoms with Crippen molar-refractivity contribution in [2.75, 3.05) is 31.7 Å². The van der Waals surface area contributed by atoms with Gasteiger partial charge in [-0.15, -0.1) is 24.0 Å². The Hall–Kier alpha value is -0.0900. The molecule has 0 amide bonds. The summed E-state index contributed by atoms with van der Waals surface area (Å²) in [6, 6.07) is -0.0350. The van der Waals surface area contributed by atoms with E-state index in [2.05, 4.69) is 36.4 Å². The molecule has 2 N–H and O–H groups in total. The Kier molecular flexibility index (Phi) is 8.25. The molecule has 0 spiro atoms. The van der Waals surface area contributed by atoms with Crippen LogP contribution in [0.1, 0.15) is 40.0 Å². The minimum absolute atomic E-state index is 0. The second kappa shape index (κ2) is 9.02. The summed E-state index contributed by atoms with van der Waals surface area (Å²) in [5.74, 6) is 1.59. The fraction of sp³-hybridized carbons (Fsp3) is 0.938. The SMILES string of the molecule is CN=C(NCC1CCCOC1C(C)(C)C)NC1CCS(=O)(=O)C1.I. The highest BCUT2D eigenvalue weighted by Crippen LogP contribution is 2.33. The van der Waals surface area contributed by atoms with Crippen molar-refractivity contribution in [3.63, 3.8) is 0 Å². The average molecular weight is 473 g/mol. The van der Waals surface area contributed by atoms with E-state index >= 15 is 0 Å².